The van der Waals surface area contributed by atoms with E-state index in [4.69, 9.17) is 14.6 Å². The minimum atomic E-state index is -1.25. The van der Waals surface area contributed by atoms with E-state index in [2.05, 4.69) is 4.98 Å². The summed E-state index contributed by atoms with van der Waals surface area (Å²) in [6.45, 7) is 0.965. The molecule has 1 fully saturated rings. The molecule has 0 spiro atoms. The predicted octanol–water partition coefficient (Wildman–Crippen LogP) is 2.67. The zero-order valence-electron chi connectivity index (χ0n) is 9.52. The molecule has 0 aliphatic carbocycles. The normalized spacial score (nSPS) is 23.6. The van der Waals surface area contributed by atoms with Gasteiger partial charge in [0.15, 0.2) is 0 Å². The maximum atomic E-state index is 10.6. The molecule has 2 heterocycles. The van der Waals surface area contributed by atoms with Gasteiger partial charge in [0.05, 0.1) is 11.9 Å². The number of carboxylic acid groups (broad SMARTS) is 1. The van der Waals surface area contributed by atoms with Gasteiger partial charge in [-0.2, -0.15) is 0 Å². The first-order chi connectivity index (χ1) is 8.75. The average molecular weight is 287 g/mol. The lowest BCUT2D eigenvalue weighted by atomic mass is 10.1. The van der Waals surface area contributed by atoms with Gasteiger partial charge < -0.3 is 14.6 Å². The van der Waals surface area contributed by atoms with E-state index >= 15 is 0 Å². The van der Waals surface area contributed by atoms with Gasteiger partial charge in [0.1, 0.15) is 11.1 Å². The molecule has 1 aromatic heterocycles. The zero-order chi connectivity index (χ0) is 12.8. The van der Waals surface area contributed by atoms with Crippen LogP contribution < -0.4 is 0 Å². The first-order valence-electron chi connectivity index (χ1n) is 5.47. The largest absolute Gasteiger partial charge is 0.506 e. The lowest BCUT2D eigenvalue weighted by molar-refractivity contribution is -0.0282. The van der Waals surface area contributed by atoms with Gasteiger partial charge in [-0.3, -0.25) is 0 Å². The number of pyridine rings is 1. The third kappa shape index (κ3) is 4.08. The van der Waals surface area contributed by atoms with Crippen LogP contribution in [0.3, 0.4) is 0 Å². The van der Waals surface area contributed by atoms with Crippen LogP contribution in [0.5, 0.6) is 0 Å². The summed E-state index contributed by atoms with van der Waals surface area (Å²) in [6, 6.07) is 5.70. The first kappa shape index (κ1) is 13.5. The molecule has 0 aromatic carbocycles. The summed E-state index contributed by atoms with van der Waals surface area (Å²) in [6.07, 6.45) is 0.858. The molecule has 1 aliphatic heterocycles. The molecule has 1 N–H and O–H groups in total. The van der Waals surface area contributed by atoms with Crippen molar-refractivity contribution in [3.05, 3.63) is 24.4 Å². The van der Waals surface area contributed by atoms with Crippen LogP contribution in [0, 0.1) is 0 Å². The van der Waals surface area contributed by atoms with Gasteiger partial charge in [0.25, 0.3) is 0 Å². The fourth-order valence-electron chi connectivity index (χ4n) is 1.55. The van der Waals surface area contributed by atoms with Gasteiger partial charge >= 0.3 is 6.16 Å². The Morgan fingerprint density at radius 2 is 2.44 bits per heavy atom. The van der Waals surface area contributed by atoms with E-state index < -0.39 is 12.3 Å². The van der Waals surface area contributed by atoms with E-state index in [9.17, 15) is 4.79 Å². The third-order valence-electron chi connectivity index (χ3n) is 2.39. The third-order valence-corrected chi connectivity index (χ3v) is 5.23. The van der Waals surface area contributed by atoms with E-state index in [1.165, 1.54) is 10.8 Å². The van der Waals surface area contributed by atoms with Crippen LogP contribution in [0.25, 0.3) is 0 Å². The van der Waals surface area contributed by atoms with E-state index in [1.807, 2.05) is 18.2 Å². The van der Waals surface area contributed by atoms with Crippen LogP contribution in [0.1, 0.15) is 6.42 Å². The zero-order valence-corrected chi connectivity index (χ0v) is 11.2. The fourth-order valence-corrected chi connectivity index (χ4v) is 4.08. The molecule has 98 valence electrons. The Balaban J connectivity index is 1.87. The summed E-state index contributed by atoms with van der Waals surface area (Å²) in [5.74, 6) is 0. The second kappa shape index (κ2) is 6.86. The van der Waals surface area contributed by atoms with Crippen molar-refractivity contribution in [3.8, 4) is 0 Å². The van der Waals surface area contributed by atoms with Crippen LogP contribution in [0.15, 0.2) is 29.4 Å². The topological polar surface area (TPSA) is 68.7 Å². The highest BCUT2D eigenvalue weighted by Gasteiger charge is 2.30. The van der Waals surface area contributed by atoms with Crippen LogP contribution >= 0.6 is 21.6 Å². The Labute approximate surface area is 113 Å². The summed E-state index contributed by atoms with van der Waals surface area (Å²) in [4.78, 5) is 14.8. The standard InChI is InChI=1S/C11H13NO4S2/c13-11(14)16-8-7-15-6-4-9(8)17-18-10-3-1-2-5-12-10/h1-3,5,8-9H,4,6-7H2,(H,13,14)/t8-,9-/m1/s1. The summed E-state index contributed by atoms with van der Waals surface area (Å²) in [5, 5.41) is 9.67. The molecule has 0 saturated carbocycles. The predicted molar refractivity (Wildman–Crippen MR) is 69.8 cm³/mol. The van der Waals surface area contributed by atoms with E-state index in [1.54, 1.807) is 17.0 Å². The fraction of sp³-hybridized carbons (Fsp3) is 0.455. The maximum Gasteiger partial charge on any atom is 0.506 e. The van der Waals surface area contributed by atoms with Crippen molar-refractivity contribution < 1.29 is 19.4 Å². The molecular weight excluding hydrogens is 274 g/mol. The molecule has 0 unspecified atom stereocenters. The number of rotatable bonds is 4. The number of hydrogen-bond donors (Lipinski definition) is 1. The van der Waals surface area contributed by atoms with Crippen molar-refractivity contribution in [2.75, 3.05) is 13.2 Å². The molecule has 1 aromatic rings. The quantitative estimate of drug-likeness (QED) is 0.674. The van der Waals surface area contributed by atoms with Gasteiger partial charge in [-0.1, -0.05) is 16.9 Å². The molecule has 0 bridgehead atoms. The summed E-state index contributed by atoms with van der Waals surface area (Å²) in [7, 11) is 3.12. The maximum absolute atomic E-state index is 10.6. The molecule has 2 atom stereocenters. The van der Waals surface area contributed by atoms with Gasteiger partial charge in [0.2, 0.25) is 0 Å². The number of carbonyl (C=O) groups is 1. The number of nitrogens with zero attached hydrogens (tertiary/aromatic N) is 1. The SMILES string of the molecule is O=C(O)O[C@@H]1COCC[C@H]1SSc1ccccn1. The second-order valence-electron chi connectivity index (χ2n) is 3.67. The highest BCUT2D eigenvalue weighted by atomic mass is 33.1. The van der Waals surface area contributed by atoms with E-state index in [-0.39, 0.29) is 5.25 Å². The number of aromatic nitrogens is 1. The van der Waals surface area contributed by atoms with Gasteiger partial charge in [0, 0.05) is 12.8 Å². The summed E-state index contributed by atoms with van der Waals surface area (Å²) in [5.41, 5.74) is 0. The molecule has 1 aliphatic rings. The average Bonchev–Trinajstić information content (AvgIpc) is 2.38. The lowest BCUT2D eigenvalue weighted by Crippen LogP contribution is -2.37. The monoisotopic (exact) mass is 287 g/mol. The van der Waals surface area contributed by atoms with E-state index in [0.717, 1.165) is 11.4 Å². The Morgan fingerprint density at radius 1 is 1.56 bits per heavy atom. The molecular formula is C11H13NO4S2. The van der Waals surface area contributed by atoms with Crippen molar-refractivity contribution in [1.82, 2.24) is 4.98 Å². The summed E-state index contributed by atoms with van der Waals surface area (Å²) >= 11 is 0. The number of ether oxygens (including phenoxy) is 2. The van der Waals surface area contributed by atoms with Crippen molar-refractivity contribution in [1.29, 1.82) is 0 Å². The molecule has 18 heavy (non-hydrogen) atoms. The Morgan fingerprint density at radius 3 is 3.17 bits per heavy atom. The highest BCUT2D eigenvalue weighted by molar-refractivity contribution is 8.76. The van der Waals surface area contributed by atoms with Crippen LogP contribution in [-0.4, -0.2) is 40.8 Å². The lowest BCUT2D eigenvalue weighted by Gasteiger charge is -2.29. The van der Waals surface area contributed by atoms with Gasteiger partial charge in [-0.05, 0) is 29.3 Å². The molecule has 5 nitrogen and oxygen atoms in total. The van der Waals surface area contributed by atoms with Crippen molar-refractivity contribution >= 4 is 27.7 Å². The van der Waals surface area contributed by atoms with Crippen LogP contribution in [-0.2, 0) is 9.47 Å². The van der Waals surface area contributed by atoms with Gasteiger partial charge in [-0.15, -0.1) is 0 Å². The summed E-state index contributed by atoms with van der Waals surface area (Å²) < 4.78 is 10.1. The van der Waals surface area contributed by atoms with Crippen molar-refractivity contribution in [2.45, 2.75) is 22.8 Å². The molecule has 0 radical (unpaired) electrons. The van der Waals surface area contributed by atoms with Crippen LogP contribution in [0.4, 0.5) is 4.79 Å². The molecule has 0 amide bonds. The minimum absolute atomic E-state index is 0.0989. The second-order valence-corrected chi connectivity index (χ2v) is 6.13. The first-order valence-corrected chi connectivity index (χ1v) is 7.68. The Kier molecular flexibility index (Phi) is 5.15. The van der Waals surface area contributed by atoms with E-state index in [0.29, 0.717) is 13.2 Å². The highest BCUT2D eigenvalue weighted by Crippen LogP contribution is 2.37. The van der Waals surface area contributed by atoms with Crippen LogP contribution in [0.2, 0.25) is 0 Å². The molecule has 1 saturated heterocycles. The molecule has 2 rings (SSSR count). The minimum Gasteiger partial charge on any atom is -0.450 e. The Hall–Kier alpha value is -0.920. The van der Waals surface area contributed by atoms with Crippen molar-refractivity contribution in [2.24, 2.45) is 0 Å². The smallest absolute Gasteiger partial charge is 0.450 e. The molecule has 7 heteroatoms. The Bertz CT molecular complexity index is 390. The van der Waals surface area contributed by atoms with Crippen molar-refractivity contribution in [3.63, 3.8) is 0 Å². The number of hydrogen-bond acceptors (Lipinski definition) is 6. The van der Waals surface area contributed by atoms with Gasteiger partial charge in [-0.25, -0.2) is 9.78 Å².